The minimum Gasteiger partial charge on any atom is -0.423 e. The second-order valence-corrected chi connectivity index (χ2v) is 11.0. The molecule has 1 aliphatic heterocycles. The number of benzene rings is 3. The number of carbonyl (C=O) groups excluding carboxylic acids is 3. The van der Waals surface area contributed by atoms with Crippen molar-refractivity contribution >= 4 is 28.9 Å². The van der Waals surface area contributed by atoms with Gasteiger partial charge in [-0.05, 0) is 48.6 Å². The van der Waals surface area contributed by atoms with E-state index >= 15 is 0 Å². The number of hydrogen-bond acceptors (Lipinski definition) is 5. The maximum Gasteiger partial charge on any atom is 0.343 e. The summed E-state index contributed by atoms with van der Waals surface area (Å²) in [7, 11) is 0. The van der Waals surface area contributed by atoms with Gasteiger partial charge in [-0.25, -0.2) is 4.79 Å². The number of esters is 1. The van der Waals surface area contributed by atoms with Gasteiger partial charge in [-0.15, -0.1) is 0 Å². The zero-order valence-corrected chi connectivity index (χ0v) is 21.1. The maximum atomic E-state index is 13.7. The van der Waals surface area contributed by atoms with E-state index < -0.39 is 17.8 Å². The number of ether oxygens (including phenoxy) is 1. The molecule has 2 aliphatic carbocycles. The van der Waals surface area contributed by atoms with Crippen LogP contribution in [0.15, 0.2) is 83.4 Å². The van der Waals surface area contributed by atoms with Crippen molar-refractivity contribution in [3.8, 4) is 5.75 Å². The van der Waals surface area contributed by atoms with Gasteiger partial charge in [-0.2, -0.15) is 0 Å². The summed E-state index contributed by atoms with van der Waals surface area (Å²) < 4.78 is 5.71. The van der Waals surface area contributed by atoms with Gasteiger partial charge in [-0.3, -0.25) is 14.6 Å². The van der Waals surface area contributed by atoms with Gasteiger partial charge in [0.15, 0.2) is 5.78 Å². The standard InChI is InChI=1S/C32H27NO4/c1-18-11-13-19(14-12-18)31(36)37-21-8-6-7-20(15-21)26-27-24(16-32(2,3)17-25(27)34)33-29-22-9-4-5-10-23(22)30(35)28(26)29/h4-15,26-27H,16-17H2,1-3H3/t26-,27?/m1/s1. The molecule has 2 atom stereocenters. The molecule has 1 heterocycles. The second kappa shape index (κ2) is 8.48. The molecule has 3 aliphatic rings. The highest BCUT2D eigenvalue weighted by Gasteiger charge is 2.50. The van der Waals surface area contributed by atoms with Crippen molar-refractivity contribution in [1.29, 1.82) is 0 Å². The Kier molecular flexibility index (Phi) is 5.34. The fourth-order valence-electron chi connectivity index (χ4n) is 5.91. The molecule has 0 bridgehead atoms. The van der Waals surface area contributed by atoms with Gasteiger partial charge in [0.1, 0.15) is 11.5 Å². The van der Waals surface area contributed by atoms with E-state index in [9.17, 15) is 14.4 Å². The van der Waals surface area contributed by atoms with Crippen molar-refractivity contribution in [2.45, 2.75) is 39.5 Å². The number of aliphatic imine (C=N–C) groups is 1. The molecule has 1 fully saturated rings. The third-order valence-corrected chi connectivity index (χ3v) is 7.56. The van der Waals surface area contributed by atoms with Crippen molar-refractivity contribution in [2.75, 3.05) is 0 Å². The number of hydrogen-bond donors (Lipinski definition) is 0. The molecule has 3 aromatic rings. The number of ketones is 2. The SMILES string of the molecule is Cc1ccc(C(=O)Oc2cccc([C@H]3C4=C(N=C5CC(C)(C)CC(=O)C53)c3ccccc3C4=O)c2)cc1. The van der Waals surface area contributed by atoms with E-state index in [1.807, 2.05) is 55.5 Å². The Balaban J connectivity index is 1.43. The topological polar surface area (TPSA) is 72.8 Å². The predicted molar refractivity (Wildman–Crippen MR) is 142 cm³/mol. The molecule has 6 rings (SSSR count). The maximum absolute atomic E-state index is 13.7. The minimum atomic E-state index is -0.506. The van der Waals surface area contributed by atoms with Crippen LogP contribution in [0.2, 0.25) is 0 Å². The summed E-state index contributed by atoms with van der Waals surface area (Å²) in [5.41, 5.74) is 5.59. The molecule has 37 heavy (non-hydrogen) atoms. The second-order valence-electron chi connectivity index (χ2n) is 11.0. The van der Waals surface area contributed by atoms with Crippen LogP contribution in [0, 0.1) is 18.3 Å². The molecule has 184 valence electrons. The van der Waals surface area contributed by atoms with Gasteiger partial charge in [-0.1, -0.05) is 67.9 Å². The van der Waals surface area contributed by atoms with Crippen LogP contribution in [0.5, 0.6) is 5.75 Å². The molecule has 1 unspecified atom stereocenters. The van der Waals surface area contributed by atoms with Gasteiger partial charge in [0.2, 0.25) is 0 Å². The molecule has 0 radical (unpaired) electrons. The molecule has 5 heteroatoms. The fourth-order valence-corrected chi connectivity index (χ4v) is 5.91. The highest BCUT2D eigenvalue weighted by molar-refractivity contribution is 6.25. The van der Waals surface area contributed by atoms with Crippen molar-refractivity contribution in [3.05, 3.63) is 106 Å². The number of allylic oxidation sites excluding steroid dienone is 1. The quantitative estimate of drug-likeness (QED) is 0.317. The van der Waals surface area contributed by atoms with Crippen LogP contribution in [-0.4, -0.2) is 23.2 Å². The first-order chi connectivity index (χ1) is 17.7. The highest BCUT2D eigenvalue weighted by atomic mass is 16.5. The Hall–Kier alpha value is -4.12. The average molecular weight is 490 g/mol. The number of carbonyl (C=O) groups is 3. The van der Waals surface area contributed by atoms with Gasteiger partial charge in [0, 0.05) is 34.8 Å². The van der Waals surface area contributed by atoms with Gasteiger partial charge < -0.3 is 4.74 Å². The minimum absolute atomic E-state index is 0.0851. The molecular formula is C32H27NO4. The summed E-state index contributed by atoms with van der Waals surface area (Å²) in [5, 5.41) is 0. The lowest BCUT2D eigenvalue weighted by molar-refractivity contribution is -0.124. The van der Waals surface area contributed by atoms with Gasteiger partial charge >= 0.3 is 5.97 Å². The first kappa shape index (κ1) is 23.3. The van der Waals surface area contributed by atoms with Gasteiger partial charge in [0.05, 0.1) is 17.2 Å². The number of aryl methyl sites for hydroxylation is 1. The summed E-state index contributed by atoms with van der Waals surface area (Å²) in [6.07, 6.45) is 1.12. The molecular weight excluding hydrogens is 462 g/mol. The molecule has 0 amide bonds. The van der Waals surface area contributed by atoms with E-state index in [4.69, 9.17) is 9.73 Å². The molecule has 3 aromatic carbocycles. The summed E-state index contributed by atoms with van der Waals surface area (Å²) in [4.78, 5) is 45.0. The first-order valence-corrected chi connectivity index (χ1v) is 12.6. The normalized spacial score (nSPS) is 21.6. The number of Topliss-reactive ketones (excluding diaryl/α,β-unsaturated/α-hetero) is 2. The van der Waals surface area contributed by atoms with Crippen molar-refractivity contribution in [2.24, 2.45) is 16.3 Å². The highest BCUT2D eigenvalue weighted by Crippen LogP contribution is 2.52. The fraction of sp³-hybridized carbons (Fsp3) is 0.250. The van der Waals surface area contributed by atoms with Crippen LogP contribution in [0.1, 0.15) is 70.0 Å². The van der Waals surface area contributed by atoms with Crippen LogP contribution in [0.25, 0.3) is 5.70 Å². The third-order valence-electron chi connectivity index (χ3n) is 7.56. The third kappa shape index (κ3) is 3.95. The van der Waals surface area contributed by atoms with Crippen molar-refractivity contribution in [1.82, 2.24) is 0 Å². The van der Waals surface area contributed by atoms with Crippen LogP contribution >= 0.6 is 0 Å². The summed E-state index contributed by atoms with van der Waals surface area (Å²) >= 11 is 0. The van der Waals surface area contributed by atoms with Crippen LogP contribution in [0.3, 0.4) is 0 Å². The van der Waals surface area contributed by atoms with Crippen molar-refractivity contribution in [3.63, 3.8) is 0 Å². The first-order valence-electron chi connectivity index (χ1n) is 12.6. The Morgan fingerprint density at radius 1 is 0.892 bits per heavy atom. The molecule has 5 nitrogen and oxygen atoms in total. The van der Waals surface area contributed by atoms with E-state index in [0.717, 1.165) is 22.4 Å². The summed E-state index contributed by atoms with van der Waals surface area (Å²) in [6, 6.07) is 21.9. The molecule has 0 spiro atoms. The number of rotatable bonds is 3. The van der Waals surface area contributed by atoms with E-state index in [0.29, 0.717) is 41.0 Å². The van der Waals surface area contributed by atoms with Crippen LogP contribution in [0.4, 0.5) is 0 Å². The summed E-state index contributed by atoms with van der Waals surface area (Å²) in [5.74, 6) is -1.06. The Morgan fingerprint density at radius 2 is 1.62 bits per heavy atom. The predicted octanol–water partition coefficient (Wildman–Crippen LogP) is 6.37. The lowest BCUT2D eigenvalue weighted by atomic mass is 9.63. The monoisotopic (exact) mass is 489 g/mol. The van der Waals surface area contributed by atoms with E-state index in [2.05, 4.69) is 13.8 Å². The Morgan fingerprint density at radius 3 is 2.38 bits per heavy atom. The Bertz CT molecular complexity index is 1540. The smallest absolute Gasteiger partial charge is 0.343 e. The molecule has 1 saturated carbocycles. The lowest BCUT2D eigenvalue weighted by Gasteiger charge is -2.40. The Labute approximate surface area is 215 Å². The van der Waals surface area contributed by atoms with E-state index in [1.165, 1.54) is 0 Å². The molecule has 0 N–H and O–H groups in total. The molecule has 0 aromatic heterocycles. The van der Waals surface area contributed by atoms with E-state index in [-0.39, 0.29) is 17.0 Å². The average Bonchev–Trinajstić information content (AvgIpc) is 3.14. The number of nitrogens with zero attached hydrogens (tertiary/aromatic N) is 1. The summed E-state index contributed by atoms with van der Waals surface area (Å²) in [6.45, 7) is 6.13. The van der Waals surface area contributed by atoms with E-state index in [1.54, 1.807) is 24.3 Å². The largest absolute Gasteiger partial charge is 0.423 e. The number of fused-ring (bicyclic) bond motifs is 3. The van der Waals surface area contributed by atoms with Gasteiger partial charge in [0.25, 0.3) is 0 Å². The zero-order chi connectivity index (χ0) is 25.9. The van der Waals surface area contributed by atoms with Crippen molar-refractivity contribution < 1.29 is 19.1 Å². The van der Waals surface area contributed by atoms with Crippen LogP contribution in [-0.2, 0) is 4.79 Å². The molecule has 0 saturated heterocycles. The lowest BCUT2D eigenvalue weighted by Crippen LogP contribution is -2.43. The zero-order valence-electron chi connectivity index (χ0n) is 21.1. The van der Waals surface area contributed by atoms with Crippen LogP contribution < -0.4 is 4.74 Å².